The van der Waals surface area contributed by atoms with Crippen LogP contribution in [0.25, 0.3) is 10.9 Å². The highest BCUT2D eigenvalue weighted by Gasteiger charge is 2.12. The van der Waals surface area contributed by atoms with Crippen LogP contribution >= 0.6 is 47.8 Å². The summed E-state index contributed by atoms with van der Waals surface area (Å²) in [5, 5.41) is 5.07. The average Bonchev–Trinajstić information content (AvgIpc) is 2.83. The molecule has 1 aromatic heterocycles. The lowest BCUT2D eigenvalue weighted by molar-refractivity contribution is 0.302. The van der Waals surface area contributed by atoms with Crippen LogP contribution in [0, 0.1) is 6.92 Å². The molecule has 0 saturated heterocycles. The summed E-state index contributed by atoms with van der Waals surface area (Å²) in [7, 11) is 0. The topological polar surface area (TPSA) is 56.5 Å². The third kappa shape index (κ3) is 6.29. The van der Waals surface area contributed by atoms with Crippen molar-refractivity contribution in [3.05, 3.63) is 101 Å². The van der Waals surface area contributed by atoms with Gasteiger partial charge in [-0.3, -0.25) is 4.79 Å². The molecule has 0 fully saturated rings. The molecule has 0 bridgehead atoms. The standard InChI is InChI=1S/C27H24Br3N3O2/c1-3-4-5-25-32-24-11-10-20(28)14-21(24)27(34)33(25)31-15-19-12-22(29)26(23(30)13-19)35-16-18-8-6-17(2)7-9-18/h6-15H,3-5,16H2,1-2H3. The molecule has 0 amide bonds. The molecule has 0 spiro atoms. The maximum atomic E-state index is 13.3. The fraction of sp³-hybridized carbons (Fsp3) is 0.222. The molecule has 0 atom stereocenters. The van der Waals surface area contributed by atoms with Crippen LogP contribution in [0.2, 0.25) is 0 Å². The van der Waals surface area contributed by atoms with Gasteiger partial charge in [-0.1, -0.05) is 59.1 Å². The molecule has 1 heterocycles. The maximum absolute atomic E-state index is 13.3. The largest absolute Gasteiger partial charge is 0.487 e. The number of ether oxygens (including phenoxy) is 1. The van der Waals surface area contributed by atoms with E-state index in [1.54, 1.807) is 12.3 Å². The molecule has 0 radical (unpaired) electrons. The number of unbranched alkanes of at least 4 members (excludes halogenated alkanes) is 1. The molecule has 3 aromatic carbocycles. The van der Waals surface area contributed by atoms with Crippen LogP contribution in [-0.2, 0) is 13.0 Å². The molecular weight excluding hydrogens is 638 g/mol. The van der Waals surface area contributed by atoms with Gasteiger partial charge in [-0.15, -0.1) is 0 Å². The van der Waals surface area contributed by atoms with E-state index in [4.69, 9.17) is 9.72 Å². The fourth-order valence-electron chi connectivity index (χ4n) is 3.57. The summed E-state index contributed by atoms with van der Waals surface area (Å²) >= 11 is 10.7. The van der Waals surface area contributed by atoms with Gasteiger partial charge in [0.1, 0.15) is 18.2 Å². The number of hydrogen-bond donors (Lipinski definition) is 0. The summed E-state index contributed by atoms with van der Waals surface area (Å²) in [6, 6.07) is 17.6. The lowest BCUT2D eigenvalue weighted by Crippen LogP contribution is -2.22. The minimum Gasteiger partial charge on any atom is -0.487 e. The Kier molecular flexibility index (Phi) is 8.57. The predicted octanol–water partition coefficient (Wildman–Crippen LogP) is 7.80. The van der Waals surface area contributed by atoms with Crippen molar-refractivity contribution in [1.29, 1.82) is 0 Å². The first-order valence-corrected chi connectivity index (χ1v) is 13.7. The van der Waals surface area contributed by atoms with Crippen LogP contribution in [0.15, 0.2) is 77.9 Å². The third-order valence-electron chi connectivity index (χ3n) is 5.48. The van der Waals surface area contributed by atoms with Crippen molar-refractivity contribution >= 4 is 64.9 Å². The number of fused-ring (bicyclic) bond motifs is 1. The molecule has 35 heavy (non-hydrogen) atoms. The smallest absolute Gasteiger partial charge is 0.282 e. The lowest BCUT2D eigenvalue weighted by atomic mass is 10.2. The number of nitrogens with zero attached hydrogens (tertiary/aromatic N) is 3. The molecule has 4 aromatic rings. The molecule has 0 unspecified atom stereocenters. The molecule has 0 N–H and O–H groups in total. The number of aromatic nitrogens is 2. The number of halogens is 3. The molecule has 0 saturated carbocycles. The normalized spacial score (nSPS) is 11.5. The zero-order valence-corrected chi connectivity index (χ0v) is 24.2. The van der Waals surface area contributed by atoms with Gasteiger partial charge in [-0.25, -0.2) is 4.98 Å². The second-order valence-corrected chi connectivity index (χ2v) is 10.9. The molecule has 4 rings (SSSR count). The van der Waals surface area contributed by atoms with Crippen molar-refractivity contribution < 1.29 is 4.74 Å². The summed E-state index contributed by atoms with van der Waals surface area (Å²) in [6.07, 6.45) is 4.27. The van der Waals surface area contributed by atoms with Crippen molar-refractivity contribution in [3.63, 3.8) is 0 Å². The Bertz CT molecular complexity index is 1420. The van der Waals surface area contributed by atoms with Gasteiger partial charge in [0.25, 0.3) is 5.56 Å². The van der Waals surface area contributed by atoms with Crippen LogP contribution in [0.4, 0.5) is 0 Å². The van der Waals surface area contributed by atoms with Gasteiger partial charge in [0.05, 0.1) is 26.1 Å². The molecule has 8 heteroatoms. The zero-order chi connectivity index (χ0) is 24.9. The Labute approximate surface area is 229 Å². The van der Waals surface area contributed by atoms with E-state index < -0.39 is 0 Å². The van der Waals surface area contributed by atoms with E-state index in [1.165, 1.54) is 10.2 Å². The van der Waals surface area contributed by atoms with Gasteiger partial charge in [-0.2, -0.15) is 9.78 Å². The Morgan fingerprint density at radius 2 is 1.74 bits per heavy atom. The summed E-state index contributed by atoms with van der Waals surface area (Å²) in [5.74, 6) is 1.36. The van der Waals surface area contributed by atoms with Gasteiger partial charge in [0, 0.05) is 10.9 Å². The summed E-state index contributed by atoms with van der Waals surface area (Å²) < 4.78 is 9.87. The van der Waals surface area contributed by atoms with E-state index in [1.807, 2.05) is 24.3 Å². The Morgan fingerprint density at radius 1 is 1.03 bits per heavy atom. The van der Waals surface area contributed by atoms with E-state index in [9.17, 15) is 4.79 Å². The molecule has 0 aliphatic heterocycles. The number of aryl methyl sites for hydroxylation is 2. The van der Waals surface area contributed by atoms with Crippen LogP contribution in [0.5, 0.6) is 5.75 Å². The number of hydrogen-bond acceptors (Lipinski definition) is 4. The average molecular weight is 662 g/mol. The molecule has 5 nitrogen and oxygen atoms in total. The van der Waals surface area contributed by atoms with E-state index >= 15 is 0 Å². The van der Waals surface area contributed by atoms with E-state index in [-0.39, 0.29) is 5.56 Å². The molecule has 180 valence electrons. The Balaban J connectivity index is 1.63. The maximum Gasteiger partial charge on any atom is 0.282 e. The predicted molar refractivity (Wildman–Crippen MR) is 153 cm³/mol. The highest BCUT2D eigenvalue weighted by Crippen LogP contribution is 2.35. The highest BCUT2D eigenvalue weighted by molar-refractivity contribution is 9.11. The first kappa shape index (κ1) is 25.8. The first-order chi connectivity index (χ1) is 16.9. The van der Waals surface area contributed by atoms with E-state index in [0.717, 1.165) is 37.4 Å². The van der Waals surface area contributed by atoms with Crippen molar-refractivity contribution in [3.8, 4) is 5.75 Å². The van der Waals surface area contributed by atoms with E-state index in [0.29, 0.717) is 35.5 Å². The first-order valence-electron chi connectivity index (χ1n) is 11.3. The number of benzene rings is 3. The van der Waals surface area contributed by atoms with Crippen LogP contribution in [0.1, 0.15) is 42.3 Å². The Hall–Kier alpha value is -2.29. The second-order valence-electron chi connectivity index (χ2n) is 8.24. The van der Waals surface area contributed by atoms with Crippen LogP contribution in [-0.4, -0.2) is 15.9 Å². The van der Waals surface area contributed by atoms with Crippen molar-refractivity contribution in [2.75, 3.05) is 0 Å². The van der Waals surface area contributed by atoms with Crippen molar-refractivity contribution in [2.24, 2.45) is 5.10 Å². The minimum absolute atomic E-state index is 0.185. The van der Waals surface area contributed by atoms with Gasteiger partial charge in [-0.05, 0) is 86.7 Å². The summed E-state index contributed by atoms with van der Waals surface area (Å²) in [4.78, 5) is 18.0. The zero-order valence-electron chi connectivity index (χ0n) is 19.4. The quantitative estimate of drug-likeness (QED) is 0.181. The van der Waals surface area contributed by atoms with Gasteiger partial charge >= 0.3 is 0 Å². The van der Waals surface area contributed by atoms with Crippen molar-refractivity contribution in [2.45, 2.75) is 39.7 Å². The minimum atomic E-state index is -0.185. The molecular formula is C27H24Br3N3O2. The lowest BCUT2D eigenvalue weighted by Gasteiger charge is -2.12. The van der Waals surface area contributed by atoms with Gasteiger partial charge in [0.2, 0.25) is 0 Å². The fourth-order valence-corrected chi connectivity index (χ4v) is 5.38. The second kappa shape index (κ2) is 11.6. The van der Waals surface area contributed by atoms with Crippen LogP contribution < -0.4 is 10.3 Å². The third-order valence-corrected chi connectivity index (χ3v) is 7.15. The monoisotopic (exact) mass is 659 g/mol. The molecule has 0 aliphatic rings. The SMILES string of the molecule is CCCCc1nc2ccc(Br)cc2c(=O)n1N=Cc1cc(Br)c(OCc2ccc(C)cc2)c(Br)c1. The summed E-state index contributed by atoms with van der Waals surface area (Å²) in [5.41, 5.74) is 3.61. The van der Waals surface area contributed by atoms with Gasteiger partial charge < -0.3 is 4.74 Å². The molecule has 0 aliphatic carbocycles. The number of rotatable bonds is 8. The Morgan fingerprint density at radius 3 is 2.43 bits per heavy atom. The summed E-state index contributed by atoms with van der Waals surface area (Å²) in [6.45, 7) is 4.63. The van der Waals surface area contributed by atoms with Gasteiger partial charge in [0.15, 0.2) is 0 Å². The van der Waals surface area contributed by atoms with Crippen molar-refractivity contribution in [1.82, 2.24) is 9.66 Å². The van der Waals surface area contributed by atoms with E-state index in [2.05, 4.69) is 91.0 Å². The van der Waals surface area contributed by atoms with Crippen LogP contribution in [0.3, 0.4) is 0 Å². The highest BCUT2D eigenvalue weighted by atomic mass is 79.9.